The summed E-state index contributed by atoms with van der Waals surface area (Å²) in [6.45, 7) is 6.78. The highest BCUT2D eigenvalue weighted by molar-refractivity contribution is 6.16. The lowest BCUT2D eigenvalue weighted by molar-refractivity contribution is -0.138. The second-order valence-electron chi connectivity index (χ2n) is 8.55. The van der Waals surface area contributed by atoms with Crippen molar-refractivity contribution in [1.82, 2.24) is 9.88 Å². The van der Waals surface area contributed by atoms with Crippen molar-refractivity contribution in [2.75, 3.05) is 0 Å². The van der Waals surface area contributed by atoms with E-state index in [1.165, 1.54) is 0 Å². The fourth-order valence-electron chi connectivity index (χ4n) is 6.04. The number of nitrogens with zero attached hydrogens (tertiary/aromatic N) is 1. The molecule has 3 aliphatic heterocycles. The van der Waals surface area contributed by atoms with Crippen LogP contribution in [0.4, 0.5) is 0 Å². The minimum Gasteiger partial charge on any atom is -0.457 e. The molecule has 0 aromatic carbocycles. The molecule has 1 aromatic heterocycles. The average molecular weight is 370 g/mol. The summed E-state index contributed by atoms with van der Waals surface area (Å²) in [5.74, 6) is 0.835. The molecule has 6 nitrogen and oxygen atoms in total. The largest absolute Gasteiger partial charge is 0.457 e. The van der Waals surface area contributed by atoms with Crippen LogP contribution in [0.5, 0.6) is 0 Å². The molecule has 1 aromatic rings. The van der Waals surface area contributed by atoms with E-state index in [1.807, 2.05) is 10.6 Å². The van der Waals surface area contributed by atoms with E-state index in [0.29, 0.717) is 41.5 Å². The first-order valence-corrected chi connectivity index (χ1v) is 10.1. The van der Waals surface area contributed by atoms with Gasteiger partial charge in [-0.25, -0.2) is 4.79 Å². The van der Waals surface area contributed by atoms with Crippen LogP contribution >= 0.6 is 0 Å². The molecule has 0 radical (unpaired) electrons. The Morgan fingerprint density at radius 2 is 2.15 bits per heavy atom. The van der Waals surface area contributed by atoms with Crippen LogP contribution in [-0.2, 0) is 22.7 Å². The highest BCUT2D eigenvalue weighted by Gasteiger charge is 2.50. The lowest BCUT2D eigenvalue weighted by Crippen LogP contribution is -2.54. The topological polar surface area (TPSA) is 80.6 Å². The number of aliphatic hydroxyl groups is 1. The first-order valence-electron chi connectivity index (χ1n) is 10.1. The van der Waals surface area contributed by atoms with Crippen molar-refractivity contribution in [1.29, 1.82) is 0 Å². The van der Waals surface area contributed by atoms with Gasteiger partial charge in [0.15, 0.2) is 0 Å². The van der Waals surface area contributed by atoms with Gasteiger partial charge in [0.05, 0.1) is 23.3 Å². The van der Waals surface area contributed by atoms with Gasteiger partial charge in [0.25, 0.3) is 5.56 Å². The molecule has 2 fully saturated rings. The number of rotatable bonds is 1. The van der Waals surface area contributed by atoms with E-state index in [4.69, 9.17) is 4.74 Å². The van der Waals surface area contributed by atoms with Gasteiger partial charge in [0.2, 0.25) is 0 Å². The molecule has 1 saturated carbocycles. The van der Waals surface area contributed by atoms with E-state index in [2.05, 4.69) is 18.8 Å². The summed E-state index contributed by atoms with van der Waals surface area (Å²) in [7, 11) is 0. The first kappa shape index (κ1) is 17.2. The molecule has 27 heavy (non-hydrogen) atoms. The third-order valence-electron chi connectivity index (χ3n) is 7.33. The van der Waals surface area contributed by atoms with E-state index < -0.39 is 5.97 Å². The summed E-state index contributed by atoms with van der Waals surface area (Å²) in [5, 5.41) is 14.0. The molecule has 0 spiro atoms. The van der Waals surface area contributed by atoms with Crippen LogP contribution in [0.15, 0.2) is 17.4 Å². The van der Waals surface area contributed by atoms with Crippen LogP contribution in [-0.4, -0.2) is 27.8 Å². The number of cyclic esters (lactones) is 1. The lowest BCUT2D eigenvalue weighted by atomic mass is 9.65. The van der Waals surface area contributed by atoms with Gasteiger partial charge in [-0.3, -0.25) is 4.79 Å². The normalized spacial score (nSPS) is 37.1. The summed E-state index contributed by atoms with van der Waals surface area (Å²) in [4.78, 5) is 25.0. The molecule has 0 amide bonds. The Balaban J connectivity index is 1.59. The molecule has 6 unspecified atom stereocenters. The average Bonchev–Trinajstić information content (AvgIpc) is 3.02. The summed E-state index contributed by atoms with van der Waals surface area (Å²) < 4.78 is 6.99. The van der Waals surface area contributed by atoms with E-state index in [0.717, 1.165) is 31.4 Å². The monoisotopic (exact) mass is 370 g/mol. The molecule has 0 bridgehead atoms. The molecule has 1 saturated heterocycles. The van der Waals surface area contributed by atoms with Crippen LogP contribution in [0, 0.1) is 17.8 Å². The van der Waals surface area contributed by atoms with Crippen molar-refractivity contribution in [3.63, 3.8) is 0 Å². The second kappa shape index (κ2) is 6.04. The lowest BCUT2D eigenvalue weighted by Gasteiger charge is -2.48. The number of esters is 1. The Hall–Kier alpha value is -1.92. The number of ether oxygens (including phenoxy) is 1. The maximum absolute atomic E-state index is 13.1. The molecule has 4 heterocycles. The molecular weight excluding hydrogens is 344 g/mol. The standard InChI is InChI=1S/C21H26N2O4/c1-3-12-14-6-11(24)4-5-17(14)22-19-15(12)8-23-18(19)7-13-10(2)21(26)27-9-16(13)20(23)25/h7,11-12,14-15,17,19,22,24H,2-6,8-9H2,1H3. The molecule has 144 valence electrons. The number of fused-ring (bicyclic) bond motifs is 5. The van der Waals surface area contributed by atoms with Gasteiger partial charge < -0.3 is 19.7 Å². The smallest absolute Gasteiger partial charge is 0.338 e. The Bertz CT molecular complexity index is 889. The van der Waals surface area contributed by atoms with E-state index >= 15 is 0 Å². The molecule has 6 heteroatoms. The third-order valence-corrected chi connectivity index (χ3v) is 7.33. The Kier molecular flexibility index (Phi) is 3.85. The Labute approximate surface area is 158 Å². The fraction of sp³-hybridized carbons (Fsp3) is 0.619. The minimum absolute atomic E-state index is 0.0315. The van der Waals surface area contributed by atoms with Crippen LogP contribution in [0.3, 0.4) is 0 Å². The Morgan fingerprint density at radius 1 is 1.33 bits per heavy atom. The molecule has 4 aliphatic rings. The molecule has 2 N–H and O–H groups in total. The molecule has 5 rings (SSSR count). The second-order valence-corrected chi connectivity index (χ2v) is 8.55. The van der Waals surface area contributed by atoms with Crippen LogP contribution in [0.1, 0.15) is 55.5 Å². The maximum atomic E-state index is 13.1. The van der Waals surface area contributed by atoms with Gasteiger partial charge in [0.1, 0.15) is 6.61 Å². The highest BCUT2D eigenvalue weighted by Crippen LogP contribution is 2.49. The minimum atomic E-state index is -0.439. The van der Waals surface area contributed by atoms with Crippen molar-refractivity contribution in [3.8, 4) is 0 Å². The number of aromatic nitrogens is 1. The number of carbonyl (C=O) groups excluding carboxylic acids is 1. The van der Waals surface area contributed by atoms with E-state index in [1.54, 1.807) is 0 Å². The summed E-state index contributed by atoms with van der Waals surface area (Å²) in [5.41, 5.74) is 2.40. The van der Waals surface area contributed by atoms with Gasteiger partial charge in [-0.2, -0.15) is 0 Å². The van der Waals surface area contributed by atoms with Gasteiger partial charge in [-0.05, 0) is 37.2 Å². The van der Waals surface area contributed by atoms with E-state index in [-0.39, 0.29) is 29.9 Å². The number of pyridine rings is 1. The van der Waals surface area contributed by atoms with Crippen molar-refractivity contribution >= 4 is 11.5 Å². The zero-order valence-corrected chi connectivity index (χ0v) is 15.6. The fourth-order valence-corrected chi connectivity index (χ4v) is 6.04. The number of nitrogens with one attached hydrogen (secondary N) is 1. The van der Waals surface area contributed by atoms with Crippen LogP contribution in [0.2, 0.25) is 0 Å². The zero-order chi connectivity index (χ0) is 18.9. The summed E-state index contributed by atoms with van der Waals surface area (Å²) >= 11 is 0. The van der Waals surface area contributed by atoms with Crippen molar-refractivity contribution in [2.45, 2.75) is 63.9 Å². The van der Waals surface area contributed by atoms with E-state index in [9.17, 15) is 14.7 Å². The van der Waals surface area contributed by atoms with Crippen molar-refractivity contribution in [2.24, 2.45) is 17.8 Å². The number of aliphatic hydroxyl groups excluding tert-OH is 1. The number of hydrogen-bond acceptors (Lipinski definition) is 5. The van der Waals surface area contributed by atoms with Gasteiger partial charge in [-0.1, -0.05) is 19.9 Å². The number of hydrogen-bond donors (Lipinski definition) is 2. The van der Waals surface area contributed by atoms with Crippen LogP contribution < -0.4 is 10.9 Å². The first-order chi connectivity index (χ1) is 13.0. The Morgan fingerprint density at radius 3 is 2.93 bits per heavy atom. The summed E-state index contributed by atoms with van der Waals surface area (Å²) in [6, 6.07) is 2.49. The number of carbonyl (C=O) groups is 1. The van der Waals surface area contributed by atoms with Gasteiger partial charge in [-0.15, -0.1) is 0 Å². The predicted octanol–water partition coefficient (Wildman–Crippen LogP) is 1.75. The molecular formula is C21H26N2O4. The molecule has 1 aliphatic carbocycles. The maximum Gasteiger partial charge on any atom is 0.338 e. The van der Waals surface area contributed by atoms with Crippen molar-refractivity contribution < 1.29 is 14.6 Å². The summed E-state index contributed by atoms with van der Waals surface area (Å²) in [6.07, 6.45) is 3.50. The van der Waals surface area contributed by atoms with Gasteiger partial charge >= 0.3 is 5.97 Å². The molecule has 6 atom stereocenters. The third kappa shape index (κ3) is 2.39. The number of piperidine rings is 1. The quantitative estimate of drug-likeness (QED) is 0.582. The predicted molar refractivity (Wildman–Crippen MR) is 99.8 cm³/mol. The SMILES string of the molecule is C=C1C(=O)OCc2c1cc1n(c2=O)CC2C1NC1CCC(O)CC1C2CC. The zero-order valence-electron chi connectivity index (χ0n) is 15.6. The van der Waals surface area contributed by atoms with Gasteiger partial charge in [0, 0.05) is 29.8 Å². The van der Waals surface area contributed by atoms with Crippen molar-refractivity contribution in [3.05, 3.63) is 39.8 Å². The highest BCUT2D eigenvalue weighted by atomic mass is 16.5. The van der Waals surface area contributed by atoms with Crippen LogP contribution in [0.25, 0.3) is 5.57 Å².